The van der Waals surface area contributed by atoms with Crippen molar-refractivity contribution in [1.82, 2.24) is 5.43 Å². The molecule has 1 saturated heterocycles. The van der Waals surface area contributed by atoms with E-state index in [-0.39, 0.29) is 12.1 Å². The van der Waals surface area contributed by atoms with E-state index in [0.29, 0.717) is 19.8 Å². The van der Waals surface area contributed by atoms with Gasteiger partial charge in [0.2, 0.25) is 0 Å². The molecule has 0 aromatic heterocycles. The molecule has 0 aliphatic carbocycles. The SMILES string of the molecule is Cc1cccc(C(NN)C2COCCO2)c1C. The zero-order chi connectivity index (χ0) is 12.3. The Kier molecular flexibility index (Phi) is 4.12. The van der Waals surface area contributed by atoms with Crippen LogP contribution in [0, 0.1) is 13.8 Å². The minimum absolute atomic E-state index is 0.0183. The summed E-state index contributed by atoms with van der Waals surface area (Å²) < 4.78 is 11.1. The van der Waals surface area contributed by atoms with Crippen molar-refractivity contribution < 1.29 is 9.47 Å². The molecule has 1 aliphatic rings. The van der Waals surface area contributed by atoms with Gasteiger partial charge < -0.3 is 9.47 Å². The number of hydrogen-bond donors (Lipinski definition) is 2. The largest absolute Gasteiger partial charge is 0.376 e. The number of hydrazine groups is 1. The van der Waals surface area contributed by atoms with Gasteiger partial charge in [0, 0.05) is 0 Å². The molecule has 4 heteroatoms. The number of aryl methyl sites for hydroxylation is 1. The summed E-state index contributed by atoms with van der Waals surface area (Å²) >= 11 is 0. The Balaban J connectivity index is 2.24. The van der Waals surface area contributed by atoms with Gasteiger partial charge in [0.1, 0.15) is 6.10 Å². The molecule has 3 N–H and O–H groups in total. The van der Waals surface area contributed by atoms with Crippen molar-refractivity contribution >= 4 is 0 Å². The first kappa shape index (κ1) is 12.5. The van der Waals surface area contributed by atoms with Gasteiger partial charge in [-0.25, -0.2) is 0 Å². The summed E-state index contributed by atoms with van der Waals surface area (Å²) in [5.41, 5.74) is 6.55. The molecule has 1 fully saturated rings. The number of ether oxygens (including phenoxy) is 2. The van der Waals surface area contributed by atoms with Crippen LogP contribution in [0.3, 0.4) is 0 Å². The number of nitrogens with two attached hydrogens (primary N) is 1. The van der Waals surface area contributed by atoms with Gasteiger partial charge in [-0.15, -0.1) is 0 Å². The molecule has 1 aromatic carbocycles. The van der Waals surface area contributed by atoms with Crippen molar-refractivity contribution in [2.24, 2.45) is 5.84 Å². The fraction of sp³-hybridized carbons (Fsp3) is 0.538. The fourth-order valence-corrected chi connectivity index (χ4v) is 2.21. The summed E-state index contributed by atoms with van der Waals surface area (Å²) in [5, 5.41) is 0. The van der Waals surface area contributed by atoms with E-state index in [1.807, 2.05) is 6.07 Å². The predicted octanol–water partition coefficient (Wildman–Crippen LogP) is 1.22. The highest BCUT2D eigenvalue weighted by atomic mass is 16.6. The first-order valence-corrected chi connectivity index (χ1v) is 5.95. The van der Waals surface area contributed by atoms with Gasteiger partial charge in [-0.2, -0.15) is 0 Å². The Morgan fingerprint density at radius 3 is 2.82 bits per heavy atom. The average Bonchev–Trinajstić information content (AvgIpc) is 2.37. The molecule has 17 heavy (non-hydrogen) atoms. The first-order valence-electron chi connectivity index (χ1n) is 5.95. The molecule has 1 aromatic rings. The van der Waals surface area contributed by atoms with Crippen LogP contribution in [0.5, 0.6) is 0 Å². The van der Waals surface area contributed by atoms with Gasteiger partial charge >= 0.3 is 0 Å². The molecule has 2 rings (SSSR count). The Morgan fingerprint density at radius 2 is 2.18 bits per heavy atom. The molecule has 1 heterocycles. The Morgan fingerprint density at radius 1 is 1.35 bits per heavy atom. The Hall–Kier alpha value is -0.940. The number of nitrogens with one attached hydrogen (secondary N) is 1. The molecule has 1 aliphatic heterocycles. The summed E-state index contributed by atoms with van der Waals surface area (Å²) in [7, 11) is 0. The lowest BCUT2D eigenvalue weighted by molar-refractivity contribution is -0.102. The van der Waals surface area contributed by atoms with E-state index in [1.54, 1.807) is 0 Å². The smallest absolute Gasteiger partial charge is 0.102 e. The van der Waals surface area contributed by atoms with Crippen molar-refractivity contribution in [3.05, 3.63) is 34.9 Å². The summed E-state index contributed by atoms with van der Waals surface area (Å²) in [5.74, 6) is 5.67. The maximum absolute atomic E-state index is 5.71. The molecule has 0 bridgehead atoms. The second-order valence-corrected chi connectivity index (χ2v) is 4.42. The monoisotopic (exact) mass is 236 g/mol. The molecule has 0 spiro atoms. The third-order valence-corrected chi connectivity index (χ3v) is 3.37. The van der Waals surface area contributed by atoms with Gasteiger partial charge in [-0.05, 0) is 30.5 Å². The second kappa shape index (κ2) is 5.60. The van der Waals surface area contributed by atoms with Gasteiger partial charge in [0.05, 0.1) is 25.9 Å². The van der Waals surface area contributed by atoms with Crippen LogP contribution in [-0.4, -0.2) is 25.9 Å². The molecule has 0 saturated carbocycles. The predicted molar refractivity (Wildman–Crippen MR) is 66.5 cm³/mol. The van der Waals surface area contributed by atoms with Crippen LogP contribution >= 0.6 is 0 Å². The minimum atomic E-state index is -0.0192. The molecule has 0 amide bonds. The Labute approximate surface area is 102 Å². The molecule has 2 atom stereocenters. The quantitative estimate of drug-likeness (QED) is 0.612. The summed E-state index contributed by atoms with van der Waals surface area (Å²) in [6.07, 6.45) is -0.0192. The van der Waals surface area contributed by atoms with Crippen LogP contribution in [0.15, 0.2) is 18.2 Å². The van der Waals surface area contributed by atoms with E-state index in [9.17, 15) is 0 Å². The van der Waals surface area contributed by atoms with Crippen molar-refractivity contribution in [1.29, 1.82) is 0 Å². The standard InChI is InChI=1S/C13H20N2O2/c1-9-4-3-5-11(10(9)2)13(15-14)12-8-16-6-7-17-12/h3-5,12-13,15H,6-8,14H2,1-2H3. The van der Waals surface area contributed by atoms with Crippen LogP contribution in [0.1, 0.15) is 22.7 Å². The van der Waals surface area contributed by atoms with E-state index >= 15 is 0 Å². The van der Waals surface area contributed by atoms with Crippen LogP contribution in [0.4, 0.5) is 0 Å². The van der Waals surface area contributed by atoms with E-state index in [4.69, 9.17) is 15.3 Å². The summed E-state index contributed by atoms with van der Waals surface area (Å²) in [4.78, 5) is 0. The van der Waals surface area contributed by atoms with E-state index in [2.05, 4.69) is 31.4 Å². The van der Waals surface area contributed by atoms with Gasteiger partial charge in [-0.3, -0.25) is 11.3 Å². The topological polar surface area (TPSA) is 56.5 Å². The van der Waals surface area contributed by atoms with Gasteiger partial charge in [0.15, 0.2) is 0 Å². The third kappa shape index (κ3) is 2.66. The van der Waals surface area contributed by atoms with Crippen LogP contribution in [-0.2, 0) is 9.47 Å². The molecule has 4 nitrogen and oxygen atoms in total. The highest BCUT2D eigenvalue weighted by Crippen LogP contribution is 2.25. The number of benzene rings is 1. The maximum atomic E-state index is 5.71. The molecule has 0 radical (unpaired) electrons. The van der Waals surface area contributed by atoms with Crippen LogP contribution < -0.4 is 11.3 Å². The van der Waals surface area contributed by atoms with Crippen molar-refractivity contribution in [2.45, 2.75) is 26.0 Å². The number of hydrogen-bond acceptors (Lipinski definition) is 4. The van der Waals surface area contributed by atoms with Crippen LogP contribution in [0.25, 0.3) is 0 Å². The van der Waals surface area contributed by atoms with Gasteiger partial charge in [-0.1, -0.05) is 18.2 Å². The zero-order valence-electron chi connectivity index (χ0n) is 10.4. The lowest BCUT2D eigenvalue weighted by atomic mass is 9.94. The first-order chi connectivity index (χ1) is 8.24. The summed E-state index contributed by atoms with van der Waals surface area (Å²) in [6, 6.07) is 6.22. The highest BCUT2D eigenvalue weighted by Gasteiger charge is 2.26. The lowest BCUT2D eigenvalue weighted by Crippen LogP contribution is -2.43. The van der Waals surface area contributed by atoms with E-state index in [0.717, 1.165) is 0 Å². The van der Waals surface area contributed by atoms with Crippen molar-refractivity contribution in [2.75, 3.05) is 19.8 Å². The second-order valence-electron chi connectivity index (χ2n) is 4.42. The molecular weight excluding hydrogens is 216 g/mol. The van der Waals surface area contributed by atoms with Crippen molar-refractivity contribution in [3.63, 3.8) is 0 Å². The highest BCUT2D eigenvalue weighted by molar-refractivity contribution is 5.35. The molecule has 2 unspecified atom stereocenters. The van der Waals surface area contributed by atoms with E-state index in [1.165, 1.54) is 16.7 Å². The normalized spacial score (nSPS) is 22.4. The fourth-order valence-electron chi connectivity index (χ4n) is 2.21. The zero-order valence-corrected chi connectivity index (χ0v) is 10.4. The average molecular weight is 236 g/mol. The maximum Gasteiger partial charge on any atom is 0.102 e. The van der Waals surface area contributed by atoms with Crippen LogP contribution in [0.2, 0.25) is 0 Å². The third-order valence-electron chi connectivity index (χ3n) is 3.37. The molecular formula is C13H20N2O2. The summed E-state index contributed by atoms with van der Waals surface area (Å²) in [6.45, 7) is 6.10. The van der Waals surface area contributed by atoms with Gasteiger partial charge in [0.25, 0.3) is 0 Å². The lowest BCUT2D eigenvalue weighted by Gasteiger charge is -2.31. The Bertz CT molecular complexity index is 376. The minimum Gasteiger partial charge on any atom is -0.376 e. The van der Waals surface area contributed by atoms with E-state index < -0.39 is 0 Å². The molecule has 94 valence electrons. The van der Waals surface area contributed by atoms with Crippen molar-refractivity contribution in [3.8, 4) is 0 Å². The number of rotatable bonds is 3.